The Hall–Kier alpha value is -4.63. The van der Waals surface area contributed by atoms with Crippen molar-refractivity contribution in [2.24, 2.45) is 0 Å². The summed E-state index contributed by atoms with van der Waals surface area (Å²) in [5, 5.41) is 3.07. The molecule has 2 amide bonds. The fourth-order valence-corrected chi connectivity index (χ4v) is 6.77. The van der Waals surface area contributed by atoms with Crippen molar-refractivity contribution in [1.82, 2.24) is 10.2 Å². The SMILES string of the molecule is CCC(C)NC(=O)C(Cc1ccccc1)N(Cc1cccc(OC)c1)C(=O)CN(c1ccc(C(C)C)cc1)S(=O)(=O)c1ccc(C)cc1. The number of carbonyl (C=O) groups excluding carboxylic acids is 2. The Morgan fingerprint density at radius 3 is 2.08 bits per heavy atom. The van der Waals surface area contributed by atoms with Crippen molar-refractivity contribution in [3.63, 3.8) is 0 Å². The molecule has 2 atom stereocenters. The van der Waals surface area contributed by atoms with Crippen LogP contribution in [0.3, 0.4) is 0 Å². The summed E-state index contributed by atoms with van der Waals surface area (Å²) >= 11 is 0. The highest BCUT2D eigenvalue weighted by Gasteiger charge is 2.35. The Morgan fingerprint density at radius 1 is 0.833 bits per heavy atom. The number of ether oxygens (including phenoxy) is 1. The number of nitrogens with one attached hydrogen (secondary N) is 1. The molecule has 4 rings (SSSR count). The molecule has 0 radical (unpaired) electrons. The average Bonchev–Trinajstić information content (AvgIpc) is 3.09. The Bertz CT molecular complexity index is 1760. The van der Waals surface area contributed by atoms with Gasteiger partial charge in [0.25, 0.3) is 10.0 Å². The maximum absolute atomic E-state index is 14.7. The second-order valence-electron chi connectivity index (χ2n) is 12.5. The van der Waals surface area contributed by atoms with Gasteiger partial charge in [-0.15, -0.1) is 0 Å². The third-order valence-corrected chi connectivity index (χ3v) is 10.3. The van der Waals surface area contributed by atoms with Gasteiger partial charge in [0, 0.05) is 19.0 Å². The fraction of sp³-hybridized carbons (Fsp3) is 0.333. The van der Waals surface area contributed by atoms with Gasteiger partial charge in [-0.2, -0.15) is 0 Å². The van der Waals surface area contributed by atoms with E-state index in [0.717, 1.165) is 26.6 Å². The molecule has 254 valence electrons. The molecule has 2 unspecified atom stereocenters. The minimum Gasteiger partial charge on any atom is -0.497 e. The number of nitrogens with zero attached hydrogens (tertiary/aromatic N) is 2. The largest absolute Gasteiger partial charge is 0.497 e. The number of anilines is 1. The average molecular weight is 670 g/mol. The minimum absolute atomic E-state index is 0.0617. The summed E-state index contributed by atoms with van der Waals surface area (Å²) in [5.74, 6) is 0.0293. The zero-order valence-electron chi connectivity index (χ0n) is 28.7. The van der Waals surface area contributed by atoms with Crippen molar-refractivity contribution in [3.05, 3.63) is 125 Å². The molecular formula is C39H47N3O5S. The van der Waals surface area contributed by atoms with Gasteiger partial charge in [-0.3, -0.25) is 13.9 Å². The Labute approximate surface area is 285 Å². The number of carbonyl (C=O) groups is 2. The van der Waals surface area contributed by atoms with E-state index >= 15 is 0 Å². The zero-order valence-corrected chi connectivity index (χ0v) is 29.5. The van der Waals surface area contributed by atoms with Crippen LogP contribution in [0.25, 0.3) is 0 Å². The molecule has 0 bridgehead atoms. The number of rotatable bonds is 15. The number of amides is 2. The highest BCUT2D eigenvalue weighted by atomic mass is 32.2. The molecule has 0 saturated carbocycles. The molecule has 4 aromatic rings. The molecule has 0 aliphatic carbocycles. The third-order valence-electron chi connectivity index (χ3n) is 8.49. The molecule has 0 spiro atoms. The molecule has 0 heterocycles. The third kappa shape index (κ3) is 9.25. The van der Waals surface area contributed by atoms with Crippen molar-refractivity contribution in [1.29, 1.82) is 0 Å². The lowest BCUT2D eigenvalue weighted by molar-refractivity contribution is -0.140. The predicted molar refractivity (Wildman–Crippen MR) is 192 cm³/mol. The van der Waals surface area contributed by atoms with E-state index in [4.69, 9.17) is 4.74 Å². The van der Waals surface area contributed by atoms with Gasteiger partial charge in [-0.25, -0.2) is 8.42 Å². The van der Waals surface area contributed by atoms with Crippen LogP contribution < -0.4 is 14.4 Å². The summed E-state index contributed by atoms with van der Waals surface area (Å²) < 4.78 is 35.2. The Morgan fingerprint density at radius 2 is 1.48 bits per heavy atom. The molecule has 0 aliphatic rings. The fourth-order valence-electron chi connectivity index (χ4n) is 5.35. The van der Waals surface area contributed by atoms with Gasteiger partial charge in [0.05, 0.1) is 17.7 Å². The summed E-state index contributed by atoms with van der Waals surface area (Å²) in [5.41, 5.74) is 3.93. The van der Waals surface area contributed by atoms with E-state index in [1.54, 1.807) is 43.5 Å². The number of sulfonamides is 1. The molecule has 4 aromatic carbocycles. The highest BCUT2D eigenvalue weighted by molar-refractivity contribution is 7.92. The molecule has 0 aliphatic heterocycles. The summed E-state index contributed by atoms with van der Waals surface area (Å²) in [6.45, 7) is 9.46. The lowest BCUT2D eigenvalue weighted by Crippen LogP contribution is -2.54. The van der Waals surface area contributed by atoms with Gasteiger partial charge in [0.1, 0.15) is 18.3 Å². The first-order chi connectivity index (χ1) is 22.9. The molecule has 9 heteroatoms. The summed E-state index contributed by atoms with van der Waals surface area (Å²) in [6, 6.07) is 29.6. The van der Waals surface area contributed by atoms with E-state index in [1.165, 1.54) is 4.90 Å². The van der Waals surface area contributed by atoms with Crippen LogP contribution >= 0.6 is 0 Å². The monoisotopic (exact) mass is 669 g/mol. The topological polar surface area (TPSA) is 96.0 Å². The number of benzene rings is 4. The van der Waals surface area contributed by atoms with Gasteiger partial charge < -0.3 is 15.0 Å². The van der Waals surface area contributed by atoms with Gasteiger partial charge in [-0.05, 0) is 79.3 Å². The van der Waals surface area contributed by atoms with Crippen molar-refractivity contribution in [2.45, 2.75) is 76.9 Å². The van der Waals surface area contributed by atoms with Crippen LogP contribution in [0.1, 0.15) is 62.3 Å². The lowest BCUT2D eigenvalue weighted by Gasteiger charge is -2.34. The number of hydrogen-bond donors (Lipinski definition) is 1. The first-order valence-electron chi connectivity index (χ1n) is 16.4. The van der Waals surface area contributed by atoms with Crippen LogP contribution in [-0.4, -0.2) is 50.9 Å². The maximum atomic E-state index is 14.7. The smallest absolute Gasteiger partial charge is 0.264 e. The lowest BCUT2D eigenvalue weighted by atomic mass is 10.0. The molecular weight excluding hydrogens is 623 g/mol. The van der Waals surface area contributed by atoms with E-state index in [-0.39, 0.29) is 35.7 Å². The Kier molecular flexibility index (Phi) is 12.4. The molecule has 0 aromatic heterocycles. The number of hydrogen-bond acceptors (Lipinski definition) is 5. The van der Waals surface area contributed by atoms with Crippen molar-refractivity contribution in [2.75, 3.05) is 18.0 Å². The van der Waals surface area contributed by atoms with Gasteiger partial charge >= 0.3 is 0 Å². The van der Waals surface area contributed by atoms with Crippen molar-refractivity contribution < 1.29 is 22.7 Å². The van der Waals surface area contributed by atoms with Crippen LogP contribution in [0.4, 0.5) is 5.69 Å². The van der Waals surface area contributed by atoms with E-state index < -0.39 is 28.5 Å². The van der Waals surface area contributed by atoms with Gasteiger partial charge in [0.15, 0.2) is 0 Å². The van der Waals surface area contributed by atoms with Crippen LogP contribution in [-0.2, 0) is 32.6 Å². The number of aryl methyl sites for hydroxylation is 1. The van der Waals surface area contributed by atoms with Crippen LogP contribution in [0.2, 0.25) is 0 Å². The zero-order chi connectivity index (χ0) is 34.8. The molecule has 0 saturated heterocycles. The van der Waals surface area contributed by atoms with Crippen molar-refractivity contribution >= 4 is 27.5 Å². The maximum Gasteiger partial charge on any atom is 0.264 e. The van der Waals surface area contributed by atoms with Gasteiger partial charge in [-0.1, -0.05) is 93.1 Å². The predicted octanol–water partition coefficient (Wildman–Crippen LogP) is 6.88. The molecule has 8 nitrogen and oxygen atoms in total. The van der Waals surface area contributed by atoms with Crippen LogP contribution in [0.15, 0.2) is 108 Å². The van der Waals surface area contributed by atoms with E-state index in [2.05, 4.69) is 19.2 Å². The molecule has 0 fully saturated rings. The van der Waals surface area contributed by atoms with Crippen LogP contribution in [0.5, 0.6) is 5.75 Å². The van der Waals surface area contributed by atoms with E-state index in [0.29, 0.717) is 17.9 Å². The summed E-state index contributed by atoms with van der Waals surface area (Å²) in [4.78, 5) is 30.3. The Balaban J connectivity index is 1.83. The first kappa shape index (κ1) is 36.2. The first-order valence-corrected chi connectivity index (χ1v) is 17.8. The number of methoxy groups -OCH3 is 1. The normalized spacial score (nSPS) is 12.6. The summed E-state index contributed by atoms with van der Waals surface area (Å²) in [6.07, 6.45) is 0.954. The van der Waals surface area contributed by atoms with E-state index in [9.17, 15) is 18.0 Å². The second kappa shape index (κ2) is 16.5. The highest BCUT2D eigenvalue weighted by Crippen LogP contribution is 2.27. The van der Waals surface area contributed by atoms with Crippen molar-refractivity contribution in [3.8, 4) is 5.75 Å². The summed E-state index contributed by atoms with van der Waals surface area (Å²) in [7, 11) is -2.61. The van der Waals surface area contributed by atoms with Gasteiger partial charge in [0.2, 0.25) is 11.8 Å². The minimum atomic E-state index is -4.18. The standard InChI is InChI=1S/C39H47N3O5S/c1-7-30(5)40-39(44)37(25-31-12-9-8-10-13-31)41(26-32-14-11-15-35(24-32)47-6)38(43)27-42(34-20-18-33(19-21-34)28(2)3)48(45,46)36-22-16-29(4)17-23-36/h8-24,28,30,37H,7,25-27H2,1-6H3,(H,40,44). The quantitative estimate of drug-likeness (QED) is 0.149. The molecule has 48 heavy (non-hydrogen) atoms. The second-order valence-corrected chi connectivity index (χ2v) is 14.3. The molecule has 1 N–H and O–H groups in total. The van der Waals surface area contributed by atoms with E-state index in [1.807, 2.05) is 87.5 Å². The van der Waals surface area contributed by atoms with Crippen LogP contribution in [0, 0.1) is 6.92 Å².